The van der Waals surface area contributed by atoms with Gasteiger partial charge in [-0.25, -0.2) is 0 Å². The molecule has 1 unspecified atom stereocenters. The van der Waals surface area contributed by atoms with E-state index in [-0.39, 0.29) is 12.4 Å². The minimum absolute atomic E-state index is 0. The van der Waals surface area contributed by atoms with Gasteiger partial charge < -0.3 is 5.32 Å². The first-order valence-electron chi connectivity index (χ1n) is 3.76. The van der Waals surface area contributed by atoms with Crippen LogP contribution >= 0.6 is 12.4 Å². The Labute approximate surface area is 77.1 Å². The molecule has 0 saturated carbocycles. The zero-order valence-corrected chi connectivity index (χ0v) is 8.06. The normalized spacial score (nSPS) is 13.8. The zero-order chi connectivity index (χ0) is 8.91. The van der Waals surface area contributed by atoms with Crippen LogP contribution in [0.2, 0.25) is 0 Å². The van der Waals surface area contributed by atoms with Gasteiger partial charge in [0.15, 0.2) is 0 Å². The molecule has 0 rings (SSSR count). The molecule has 0 heterocycles. The fourth-order valence-electron chi connectivity index (χ4n) is 0.810. The summed E-state index contributed by atoms with van der Waals surface area (Å²) in [6.07, 6.45) is -3.92. The van der Waals surface area contributed by atoms with E-state index in [1.165, 1.54) is 0 Å². The molecule has 1 nitrogen and oxygen atoms in total. The number of alkyl halides is 3. The summed E-state index contributed by atoms with van der Waals surface area (Å²) >= 11 is 0. The maximum atomic E-state index is 11.7. The smallest absolute Gasteiger partial charge is 0.314 e. The van der Waals surface area contributed by atoms with E-state index in [9.17, 15) is 13.2 Å². The van der Waals surface area contributed by atoms with Gasteiger partial charge in [0.05, 0.1) is 6.42 Å². The summed E-state index contributed by atoms with van der Waals surface area (Å²) in [6, 6.07) is -0.463. The van der Waals surface area contributed by atoms with Crippen molar-refractivity contribution in [1.82, 2.24) is 5.32 Å². The maximum Gasteiger partial charge on any atom is 0.390 e. The molecule has 1 atom stereocenters. The molecular weight excluding hydrogens is 191 g/mol. The van der Waals surface area contributed by atoms with Crippen LogP contribution in [0.5, 0.6) is 0 Å². The Hall–Kier alpha value is 0.0400. The lowest BCUT2D eigenvalue weighted by Gasteiger charge is -2.14. The van der Waals surface area contributed by atoms with Crippen molar-refractivity contribution in [1.29, 1.82) is 0 Å². The van der Waals surface area contributed by atoms with Gasteiger partial charge in [0, 0.05) is 6.04 Å². The molecule has 0 spiro atoms. The van der Waals surface area contributed by atoms with Crippen molar-refractivity contribution in [3.8, 4) is 0 Å². The van der Waals surface area contributed by atoms with Crippen molar-refractivity contribution in [3.05, 3.63) is 0 Å². The average Bonchev–Trinajstić information content (AvgIpc) is 1.79. The molecule has 0 fully saturated rings. The Morgan fingerprint density at radius 2 is 1.83 bits per heavy atom. The molecule has 0 aliphatic rings. The standard InChI is InChI=1S/C7H14F3N.ClH/c1-3-4-11-6(2)5-7(8,9)10;/h6,11H,3-5H2,1-2H3;1H. The molecule has 0 aliphatic carbocycles. The SMILES string of the molecule is CCCNC(C)CC(F)(F)F.Cl. The third-order valence-electron chi connectivity index (χ3n) is 1.28. The van der Waals surface area contributed by atoms with Crippen LogP contribution in [0, 0.1) is 0 Å². The zero-order valence-electron chi connectivity index (χ0n) is 7.24. The van der Waals surface area contributed by atoms with Gasteiger partial charge in [-0.3, -0.25) is 0 Å². The van der Waals surface area contributed by atoms with E-state index < -0.39 is 18.6 Å². The van der Waals surface area contributed by atoms with Crippen LogP contribution in [-0.2, 0) is 0 Å². The molecule has 0 aromatic rings. The Morgan fingerprint density at radius 1 is 1.33 bits per heavy atom. The van der Waals surface area contributed by atoms with E-state index in [2.05, 4.69) is 5.32 Å². The van der Waals surface area contributed by atoms with Gasteiger partial charge in [-0.1, -0.05) is 6.92 Å². The minimum Gasteiger partial charge on any atom is -0.314 e. The summed E-state index contributed by atoms with van der Waals surface area (Å²) in [5, 5.41) is 2.77. The van der Waals surface area contributed by atoms with Crippen molar-refractivity contribution >= 4 is 12.4 Å². The lowest BCUT2D eigenvalue weighted by atomic mass is 10.2. The number of hydrogen-bond acceptors (Lipinski definition) is 1. The van der Waals surface area contributed by atoms with Crippen LogP contribution in [-0.4, -0.2) is 18.8 Å². The molecule has 0 bridgehead atoms. The first-order valence-corrected chi connectivity index (χ1v) is 3.76. The van der Waals surface area contributed by atoms with Crippen LogP contribution in [0.4, 0.5) is 13.2 Å². The van der Waals surface area contributed by atoms with Crippen LogP contribution in [0.1, 0.15) is 26.7 Å². The van der Waals surface area contributed by atoms with E-state index in [0.29, 0.717) is 6.54 Å². The molecular formula is C7H15ClF3N. The summed E-state index contributed by atoms with van der Waals surface area (Å²) < 4.78 is 35.1. The maximum absolute atomic E-state index is 11.7. The van der Waals surface area contributed by atoms with E-state index in [1.54, 1.807) is 6.92 Å². The van der Waals surface area contributed by atoms with Crippen molar-refractivity contribution in [3.63, 3.8) is 0 Å². The monoisotopic (exact) mass is 205 g/mol. The van der Waals surface area contributed by atoms with Gasteiger partial charge in [0.25, 0.3) is 0 Å². The second-order valence-electron chi connectivity index (χ2n) is 2.67. The van der Waals surface area contributed by atoms with Crippen molar-refractivity contribution < 1.29 is 13.2 Å². The van der Waals surface area contributed by atoms with Gasteiger partial charge in [-0.15, -0.1) is 12.4 Å². The second kappa shape index (κ2) is 6.54. The van der Waals surface area contributed by atoms with Crippen molar-refractivity contribution in [2.75, 3.05) is 6.54 Å². The van der Waals surface area contributed by atoms with Crippen LogP contribution < -0.4 is 5.32 Å². The molecule has 0 amide bonds. The van der Waals surface area contributed by atoms with Gasteiger partial charge in [0.1, 0.15) is 0 Å². The summed E-state index contributed by atoms with van der Waals surface area (Å²) in [4.78, 5) is 0. The second-order valence-corrected chi connectivity index (χ2v) is 2.67. The third kappa shape index (κ3) is 10.0. The molecule has 12 heavy (non-hydrogen) atoms. The average molecular weight is 206 g/mol. The molecule has 0 aliphatic heterocycles. The first kappa shape index (κ1) is 14.6. The highest BCUT2D eigenvalue weighted by molar-refractivity contribution is 5.85. The molecule has 0 saturated heterocycles. The number of rotatable bonds is 4. The predicted molar refractivity (Wildman–Crippen MR) is 45.7 cm³/mol. The summed E-state index contributed by atoms with van der Waals surface area (Å²) in [5.41, 5.74) is 0. The molecule has 76 valence electrons. The highest BCUT2D eigenvalue weighted by Crippen LogP contribution is 2.21. The molecule has 0 radical (unpaired) electrons. The highest BCUT2D eigenvalue weighted by Gasteiger charge is 2.29. The lowest BCUT2D eigenvalue weighted by molar-refractivity contribution is -0.138. The van der Waals surface area contributed by atoms with Crippen molar-refractivity contribution in [2.45, 2.75) is 38.9 Å². The number of nitrogens with one attached hydrogen (secondary N) is 1. The summed E-state index contributed by atoms with van der Waals surface area (Å²) in [7, 11) is 0. The van der Waals surface area contributed by atoms with Crippen LogP contribution in [0.15, 0.2) is 0 Å². The first-order chi connectivity index (χ1) is 4.95. The van der Waals surface area contributed by atoms with Gasteiger partial charge in [-0.05, 0) is 19.9 Å². The molecule has 5 heteroatoms. The van der Waals surface area contributed by atoms with E-state index in [4.69, 9.17) is 0 Å². The lowest BCUT2D eigenvalue weighted by Crippen LogP contribution is -2.31. The van der Waals surface area contributed by atoms with Gasteiger partial charge in [-0.2, -0.15) is 13.2 Å². The Balaban J connectivity index is 0. The van der Waals surface area contributed by atoms with E-state index in [1.807, 2.05) is 6.92 Å². The quantitative estimate of drug-likeness (QED) is 0.744. The minimum atomic E-state index is -4.04. The number of halogens is 4. The Bertz CT molecular complexity index is 105. The van der Waals surface area contributed by atoms with Crippen LogP contribution in [0.3, 0.4) is 0 Å². The third-order valence-corrected chi connectivity index (χ3v) is 1.28. The van der Waals surface area contributed by atoms with E-state index >= 15 is 0 Å². The fraction of sp³-hybridized carbons (Fsp3) is 1.00. The van der Waals surface area contributed by atoms with Gasteiger partial charge >= 0.3 is 6.18 Å². The fourth-order valence-corrected chi connectivity index (χ4v) is 0.810. The van der Waals surface area contributed by atoms with Crippen molar-refractivity contribution in [2.24, 2.45) is 0 Å². The Kier molecular flexibility index (Phi) is 7.94. The number of hydrogen-bond donors (Lipinski definition) is 1. The molecule has 0 aromatic carbocycles. The van der Waals surface area contributed by atoms with Gasteiger partial charge in [0.2, 0.25) is 0 Å². The van der Waals surface area contributed by atoms with E-state index in [0.717, 1.165) is 6.42 Å². The largest absolute Gasteiger partial charge is 0.390 e. The molecule has 1 N–H and O–H groups in total. The van der Waals surface area contributed by atoms with Crippen LogP contribution in [0.25, 0.3) is 0 Å². The summed E-state index contributed by atoms with van der Waals surface area (Å²) in [6.45, 7) is 4.12. The topological polar surface area (TPSA) is 12.0 Å². The highest BCUT2D eigenvalue weighted by atomic mass is 35.5. The summed E-state index contributed by atoms with van der Waals surface area (Å²) in [5.74, 6) is 0. The predicted octanol–water partition coefficient (Wildman–Crippen LogP) is 2.75. The Morgan fingerprint density at radius 3 is 2.17 bits per heavy atom. The molecule has 0 aromatic heterocycles.